The van der Waals surface area contributed by atoms with Crippen molar-refractivity contribution in [2.45, 2.75) is 26.4 Å². The molecule has 0 spiro atoms. The highest BCUT2D eigenvalue weighted by molar-refractivity contribution is 14.1. The first kappa shape index (κ1) is 16.3. The summed E-state index contributed by atoms with van der Waals surface area (Å²) in [6, 6.07) is 6.35. The van der Waals surface area contributed by atoms with E-state index >= 15 is 0 Å². The molecule has 108 valence electrons. The van der Waals surface area contributed by atoms with E-state index in [9.17, 15) is 0 Å². The maximum absolute atomic E-state index is 6.36. The molecule has 3 nitrogen and oxygen atoms in total. The van der Waals surface area contributed by atoms with E-state index in [-0.39, 0.29) is 6.04 Å². The Morgan fingerprint density at radius 3 is 2.85 bits per heavy atom. The average molecular weight is 469 g/mol. The van der Waals surface area contributed by atoms with Gasteiger partial charge in [-0.05, 0) is 59.8 Å². The smallest absolute Gasteiger partial charge is 0.0837 e. The largest absolute Gasteiger partial charge is 0.305 e. The van der Waals surface area contributed by atoms with Crippen LogP contribution in [-0.4, -0.2) is 16.3 Å². The van der Waals surface area contributed by atoms with Crippen LogP contribution in [0, 0.1) is 3.57 Å². The zero-order chi connectivity index (χ0) is 14.7. The molecule has 20 heavy (non-hydrogen) atoms. The second kappa shape index (κ2) is 7.24. The van der Waals surface area contributed by atoms with Crippen LogP contribution < -0.4 is 5.32 Å². The summed E-state index contributed by atoms with van der Waals surface area (Å²) in [5.41, 5.74) is 2.19. The molecular weight excluding hydrogens is 452 g/mol. The maximum Gasteiger partial charge on any atom is 0.0837 e. The Morgan fingerprint density at radius 2 is 2.20 bits per heavy atom. The monoisotopic (exact) mass is 467 g/mol. The molecule has 2 rings (SSSR count). The summed E-state index contributed by atoms with van der Waals surface area (Å²) < 4.78 is 4.22. The Labute approximate surface area is 146 Å². The number of nitrogens with zero attached hydrogens (tertiary/aromatic N) is 2. The molecule has 0 amide bonds. The summed E-state index contributed by atoms with van der Waals surface area (Å²) in [5.74, 6) is 0. The first-order valence-electron chi connectivity index (χ1n) is 6.48. The van der Waals surface area contributed by atoms with Crippen LogP contribution in [0.15, 0.2) is 28.9 Å². The van der Waals surface area contributed by atoms with Crippen molar-refractivity contribution in [3.63, 3.8) is 0 Å². The van der Waals surface area contributed by atoms with Crippen molar-refractivity contribution in [2.75, 3.05) is 6.54 Å². The lowest BCUT2D eigenvalue weighted by Gasteiger charge is -2.21. The summed E-state index contributed by atoms with van der Waals surface area (Å²) in [4.78, 5) is 0. The van der Waals surface area contributed by atoms with Gasteiger partial charge in [0.15, 0.2) is 0 Å². The molecule has 0 aliphatic carbocycles. The fourth-order valence-corrected chi connectivity index (χ4v) is 3.45. The Morgan fingerprint density at radius 1 is 1.45 bits per heavy atom. The second-order valence-corrected chi connectivity index (χ2v) is 6.86. The van der Waals surface area contributed by atoms with Crippen LogP contribution in [0.2, 0.25) is 5.02 Å². The van der Waals surface area contributed by atoms with Gasteiger partial charge in [0, 0.05) is 14.6 Å². The van der Waals surface area contributed by atoms with E-state index in [0.717, 1.165) is 23.3 Å². The third-order valence-corrected chi connectivity index (χ3v) is 4.77. The molecule has 6 heteroatoms. The molecule has 1 aromatic heterocycles. The predicted molar refractivity (Wildman–Crippen MR) is 95.3 cm³/mol. The molecular formula is C14H16BrClIN3. The number of aromatic nitrogens is 2. The van der Waals surface area contributed by atoms with Crippen LogP contribution in [0.3, 0.4) is 0 Å². The number of hydrogen-bond donors (Lipinski definition) is 1. The highest BCUT2D eigenvalue weighted by Crippen LogP contribution is 2.33. The molecule has 1 heterocycles. The van der Waals surface area contributed by atoms with E-state index in [1.165, 1.54) is 9.13 Å². The van der Waals surface area contributed by atoms with Gasteiger partial charge in [-0.3, -0.25) is 4.68 Å². The van der Waals surface area contributed by atoms with Gasteiger partial charge in [0.2, 0.25) is 0 Å². The molecule has 1 N–H and O–H groups in total. The molecule has 0 aliphatic rings. The number of nitrogens with one attached hydrogen (secondary N) is 1. The van der Waals surface area contributed by atoms with Gasteiger partial charge in [0.05, 0.1) is 23.0 Å². The molecule has 0 saturated carbocycles. The minimum absolute atomic E-state index is 0.0269. The highest BCUT2D eigenvalue weighted by Gasteiger charge is 2.23. The van der Waals surface area contributed by atoms with Crippen molar-refractivity contribution >= 4 is 50.1 Å². The fraction of sp³-hybridized carbons (Fsp3) is 0.357. The standard InChI is InChI=1S/C14H16BrClIN3/c1-3-18-13(10-7-9(17)5-6-11(10)15)14-12(16)8-19-20(14)4-2/h5-8,13,18H,3-4H2,1-2H3. The van der Waals surface area contributed by atoms with Crippen molar-refractivity contribution in [1.82, 2.24) is 15.1 Å². The first-order valence-corrected chi connectivity index (χ1v) is 8.73. The number of halogens is 3. The number of rotatable bonds is 5. The van der Waals surface area contributed by atoms with Gasteiger partial charge in [-0.15, -0.1) is 0 Å². The summed E-state index contributed by atoms with van der Waals surface area (Å²) >= 11 is 12.3. The SMILES string of the molecule is CCNC(c1cc(I)ccc1Br)c1c(Cl)cnn1CC. The Balaban J connectivity index is 2.56. The van der Waals surface area contributed by atoms with E-state index in [4.69, 9.17) is 11.6 Å². The van der Waals surface area contributed by atoms with Crippen molar-refractivity contribution in [2.24, 2.45) is 0 Å². The zero-order valence-corrected chi connectivity index (χ0v) is 15.8. The second-order valence-electron chi connectivity index (χ2n) is 4.35. The normalized spacial score (nSPS) is 12.7. The van der Waals surface area contributed by atoms with Crippen LogP contribution in [0.25, 0.3) is 0 Å². The van der Waals surface area contributed by atoms with Crippen LogP contribution in [0.4, 0.5) is 0 Å². The Kier molecular flexibility index (Phi) is 5.89. The van der Waals surface area contributed by atoms with Crippen molar-refractivity contribution in [3.05, 3.63) is 48.7 Å². The van der Waals surface area contributed by atoms with E-state index in [0.29, 0.717) is 5.02 Å². The Hall–Kier alpha value is -0.110. The minimum Gasteiger partial charge on any atom is -0.305 e. The summed E-state index contributed by atoms with van der Waals surface area (Å²) in [6.45, 7) is 5.81. The van der Waals surface area contributed by atoms with E-state index in [2.05, 4.69) is 81.0 Å². The van der Waals surface area contributed by atoms with Crippen LogP contribution in [-0.2, 0) is 6.54 Å². The summed E-state index contributed by atoms with van der Waals surface area (Å²) in [6.07, 6.45) is 1.71. The molecule has 0 bridgehead atoms. The lowest BCUT2D eigenvalue weighted by atomic mass is 10.0. The molecule has 1 atom stereocenters. The molecule has 0 saturated heterocycles. The third kappa shape index (κ3) is 3.37. The summed E-state index contributed by atoms with van der Waals surface area (Å²) in [5, 5.41) is 8.55. The predicted octanol–water partition coefficient (Wildman–Crippen LogP) is 4.62. The van der Waals surface area contributed by atoms with Gasteiger partial charge >= 0.3 is 0 Å². The van der Waals surface area contributed by atoms with Crippen molar-refractivity contribution in [1.29, 1.82) is 0 Å². The average Bonchev–Trinajstić information content (AvgIpc) is 2.80. The van der Waals surface area contributed by atoms with Gasteiger partial charge in [-0.2, -0.15) is 5.10 Å². The van der Waals surface area contributed by atoms with Crippen LogP contribution in [0.5, 0.6) is 0 Å². The Bertz CT molecular complexity index is 600. The number of benzene rings is 1. The molecule has 0 fully saturated rings. The number of hydrogen-bond acceptors (Lipinski definition) is 2. The molecule has 1 unspecified atom stereocenters. The van der Waals surface area contributed by atoms with E-state index in [1.54, 1.807) is 6.20 Å². The van der Waals surface area contributed by atoms with Crippen LogP contribution in [0.1, 0.15) is 31.1 Å². The zero-order valence-electron chi connectivity index (χ0n) is 11.3. The first-order chi connectivity index (χ1) is 9.58. The number of aryl methyl sites for hydroxylation is 1. The molecule has 2 aromatic rings. The van der Waals surface area contributed by atoms with Crippen molar-refractivity contribution < 1.29 is 0 Å². The summed E-state index contributed by atoms with van der Waals surface area (Å²) in [7, 11) is 0. The topological polar surface area (TPSA) is 29.9 Å². The molecule has 1 aromatic carbocycles. The fourth-order valence-electron chi connectivity index (χ4n) is 2.20. The maximum atomic E-state index is 6.36. The molecule has 0 aliphatic heterocycles. The minimum atomic E-state index is 0.0269. The van der Waals surface area contributed by atoms with Gasteiger partial charge in [-0.25, -0.2) is 0 Å². The van der Waals surface area contributed by atoms with Gasteiger partial charge < -0.3 is 5.32 Å². The van der Waals surface area contributed by atoms with Crippen LogP contribution >= 0.6 is 50.1 Å². The van der Waals surface area contributed by atoms with E-state index in [1.807, 2.05) is 4.68 Å². The lowest BCUT2D eigenvalue weighted by molar-refractivity contribution is 0.541. The van der Waals surface area contributed by atoms with Gasteiger partial charge in [0.25, 0.3) is 0 Å². The van der Waals surface area contributed by atoms with E-state index < -0.39 is 0 Å². The molecule has 0 radical (unpaired) electrons. The highest BCUT2D eigenvalue weighted by atomic mass is 127. The van der Waals surface area contributed by atoms with Gasteiger partial charge in [0.1, 0.15) is 0 Å². The lowest BCUT2D eigenvalue weighted by Crippen LogP contribution is -2.25. The van der Waals surface area contributed by atoms with Gasteiger partial charge in [-0.1, -0.05) is 34.5 Å². The quantitative estimate of drug-likeness (QED) is 0.649. The van der Waals surface area contributed by atoms with Crippen molar-refractivity contribution in [3.8, 4) is 0 Å². The third-order valence-electron chi connectivity index (χ3n) is 3.08.